The lowest BCUT2D eigenvalue weighted by molar-refractivity contribution is 0.0600. The summed E-state index contributed by atoms with van der Waals surface area (Å²) in [7, 11) is 1.30. The number of piperidine rings is 1. The zero-order chi connectivity index (χ0) is 15.9. The summed E-state index contributed by atoms with van der Waals surface area (Å²) in [4.78, 5) is 30.1. The molecule has 120 valence electrons. The highest BCUT2D eigenvalue weighted by Gasteiger charge is 2.21. The number of likely N-dealkylation sites (tertiary alicyclic amines) is 1. The van der Waals surface area contributed by atoms with Crippen molar-refractivity contribution in [1.29, 1.82) is 0 Å². The van der Waals surface area contributed by atoms with Crippen molar-refractivity contribution >= 4 is 11.9 Å². The van der Waals surface area contributed by atoms with Crippen LogP contribution in [0.5, 0.6) is 0 Å². The van der Waals surface area contributed by atoms with Crippen LogP contribution in [0.25, 0.3) is 0 Å². The molecule has 1 aliphatic rings. The van der Waals surface area contributed by atoms with E-state index in [9.17, 15) is 9.59 Å². The molecule has 0 bridgehead atoms. The van der Waals surface area contributed by atoms with Gasteiger partial charge in [-0.25, -0.2) is 4.79 Å². The van der Waals surface area contributed by atoms with Gasteiger partial charge in [-0.05, 0) is 31.9 Å². The zero-order valence-electron chi connectivity index (χ0n) is 13.2. The summed E-state index contributed by atoms with van der Waals surface area (Å²) in [5.41, 5.74) is 0.673. The second kappa shape index (κ2) is 7.89. The molecule has 1 aromatic rings. The lowest BCUT2D eigenvalue weighted by Crippen LogP contribution is -2.44. The highest BCUT2D eigenvalue weighted by molar-refractivity contribution is 5.97. The summed E-state index contributed by atoms with van der Waals surface area (Å²) in [6, 6.07) is 1.70. The van der Waals surface area contributed by atoms with Gasteiger partial charge in [0.25, 0.3) is 5.91 Å². The predicted molar refractivity (Wildman–Crippen MR) is 82.8 cm³/mol. The van der Waals surface area contributed by atoms with Gasteiger partial charge in [-0.1, -0.05) is 6.92 Å². The van der Waals surface area contributed by atoms with E-state index in [-0.39, 0.29) is 17.5 Å². The van der Waals surface area contributed by atoms with Gasteiger partial charge in [0.05, 0.1) is 18.2 Å². The third kappa shape index (κ3) is 4.27. The van der Waals surface area contributed by atoms with Gasteiger partial charge in [-0.2, -0.15) is 0 Å². The van der Waals surface area contributed by atoms with Crippen molar-refractivity contribution in [2.45, 2.75) is 32.2 Å². The van der Waals surface area contributed by atoms with Gasteiger partial charge >= 0.3 is 5.97 Å². The van der Waals surface area contributed by atoms with Crippen LogP contribution in [0.3, 0.4) is 0 Å². The van der Waals surface area contributed by atoms with Crippen LogP contribution in [0.1, 0.15) is 46.9 Å². The van der Waals surface area contributed by atoms with Crippen LogP contribution in [-0.4, -0.2) is 54.5 Å². The molecule has 22 heavy (non-hydrogen) atoms. The van der Waals surface area contributed by atoms with E-state index in [1.807, 2.05) is 0 Å². The summed E-state index contributed by atoms with van der Waals surface area (Å²) in [6.07, 6.45) is 5.93. The number of nitrogens with one attached hydrogen (secondary N) is 1. The van der Waals surface area contributed by atoms with Crippen LogP contribution in [0.15, 0.2) is 18.5 Å². The molecule has 2 heterocycles. The summed E-state index contributed by atoms with van der Waals surface area (Å²) >= 11 is 0. The van der Waals surface area contributed by atoms with E-state index in [4.69, 9.17) is 0 Å². The molecule has 2 rings (SSSR count). The Bertz CT molecular complexity index is 525. The van der Waals surface area contributed by atoms with Crippen LogP contribution in [0, 0.1) is 0 Å². The average molecular weight is 305 g/mol. The average Bonchev–Trinajstić information content (AvgIpc) is 2.56. The molecular weight excluding hydrogens is 282 g/mol. The standard InChI is InChI=1S/C16H23N3O3/c1-3-6-19-7-4-14(5-8-19)18-15(20)12-9-13(11-17-10-12)16(21)22-2/h9-11,14H,3-8H2,1-2H3,(H,18,20). The Labute approximate surface area is 130 Å². The molecule has 0 unspecified atom stereocenters. The van der Waals surface area contributed by atoms with Crippen LogP contribution in [0.4, 0.5) is 0 Å². The van der Waals surface area contributed by atoms with Crippen molar-refractivity contribution < 1.29 is 14.3 Å². The van der Waals surface area contributed by atoms with E-state index >= 15 is 0 Å². The van der Waals surface area contributed by atoms with E-state index in [0.29, 0.717) is 5.56 Å². The molecule has 1 aromatic heterocycles. The normalized spacial score (nSPS) is 16.3. The number of carbonyl (C=O) groups is 2. The molecule has 0 radical (unpaired) electrons. The van der Waals surface area contributed by atoms with Crippen LogP contribution < -0.4 is 5.32 Å². The predicted octanol–water partition coefficient (Wildman–Crippen LogP) is 1.47. The van der Waals surface area contributed by atoms with Crippen molar-refractivity contribution in [3.8, 4) is 0 Å². The Morgan fingerprint density at radius 2 is 2.00 bits per heavy atom. The number of esters is 1. The van der Waals surface area contributed by atoms with Crippen LogP contribution in [-0.2, 0) is 4.74 Å². The quantitative estimate of drug-likeness (QED) is 0.834. The number of hydrogen-bond acceptors (Lipinski definition) is 5. The Kier molecular flexibility index (Phi) is 5.89. The lowest BCUT2D eigenvalue weighted by Gasteiger charge is -2.32. The summed E-state index contributed by atoms with van der Waals surface area (Å²) in [5.74, 6) is -0.679. The number of rotatable bonds is 5. The van der Waals surface area contributed by atoms with Crippen LogP contribution >= 0.6 is 0 Å². The maximum Gasteiger partial charge on any atom is 0.339 e. The number of methoxy groups -OCH3 is 1. The van der Waals surface area contributed by atoms with Gasteiger partial charge < -0.3 is 15.0 Å². The Morgan fingerprint density at radius 1 is 1.32 bits per heavy atom. The number of ether oxygens (including phenoxy) is 1. The first-order valence-electron chi connectivity index (χ1n) is 7.70. The summed E-state index contributed by atoms with van der Waals surface area (Å²) in [5, 5.41) is 3.02. The topological polar surface area (TPSA) is 71.5 Å². The Balaban J connectivity index is 1.91. The molecule has 1 N–H and O–H groups in total. The van der Waals surface area contributed by atoms with Gasteiger partial charge in [0.2, 0.25) is 0 Å². The third-order valence-electron chi connectivity index (χ3n) is 3.88. The van der Waals surface area contributed by atoms with E-state index in [0.717, 1.165) is 38.9 Å². The zero-order valence-corrected chi connectivity index (χ0v) is 13.2. The third-order valence-corrected chi connectivity index (χ3v) is 3.88. The molecular formula is C16H23N3O3. The highest BCUT2D eigenvalue weighted by Crippen LogP contribution is 2.12. The molecule has 1 amide bonds. The molecule has 6 nitrogen and oxygen atoms in total. The number of nitrogens with zero attached hydrogens (tertiary/aromatic N) is 2. The number of aromatic nitrogens is 1. The maximum absolute atomic E-state index is 12.3. The van der Waals surface area contributed by atoms with Crippen molar-refractivity contribution in [2.75, 3.05) is 26.7 Å². The largest absolute Gasteiger partial charge is 0.465 e. The minimum absolute atomic E-state index is 0.183. The minimum atomic E-state index is -0.491. The summed E-state index contributed by atoms with van der Waals surface area (Å²) < 4.78 is 4.64. The fraction of sp³-hybridized carbons (Fsp3) is 0.562. The fourth-order valence-corrected chi connectivity index (χ4v) is 2.68. The van der Waals surface area contributed by atoms with Crippen molar-refractivity contribution in [2.24, 2.45) is 0 Å². The van der Waals surface area contributed by atoms with E-state index in [1.54, 1.807) is 0 Å². The smallest absolute Gasteiger partial charge is 0.339 e. The van der Waals surface area contributed by atoms with Gasteiger partial charge in [-0.3, -0.25) is 9.78 Å². The molecule has 1 aliphatic heterocycles. The fourth-order valence-electron chi connectivity index (χ4n) is 2.68. The van der Waals surface area contributed by atoms with Crippen molar-refractivity contribution in [1.82, 2.24) is 15.2 Å². The second-order valence-electron chi connectivity index (χ2n) is 5.54. The van der Waals surface area contributed by atoms with Gasteiger partial charge in [0.15, 0.2) is 0 Å². The van der Waals surface area contributed by atoms with Gasteiger partial charge in [0.1, 0.15) is 0 Å². The molecule has 0 saturated carbocycles. The monoisotopic (exact) mass is 305 g/mol. The number of amides is 1. The Morgan fingerprint density at radius 3 is 2.64 bits per heavy atom. The first kappa shape index (κ1) is 16.4. The second-order valence-corrected chi connectivity index (χ2v) is 5.54. The van der Waals surface area contributed by atoms with Crippen LogP contribution in [0.2, 0.25) is 0 Å². The molecule has 0 atom stereocenters. The van der Waals surface area contributed by atoms with E-state index in [1.165, 1.54) is 25.6 Å². The molecule has 1 saturated heterocycles. The summed E-state index contributed by atoms with van der Waals surface area (Å²) in [6.45, 7) is 5.32. The van der Waals surface area contributed by atoms with E-state index < -0.39 is 5.97 Å². The molecule has 6 heteroatoms. The minimum Gasteiger partial charge on any atom is -0.465 e. The lowest BCUT2D eigenvalue weighted by atomic mass is 10.0. The first-order valence-corrected chi connectivity index (χ1v) is 7.70. The molecule has 0 aromatic carbocycles. The van der Waals surface area contributed by atoms with Crippen molar-refractivity contribution in [3.63, 3.8) is 0 Å². The maximum atomic E-state index is 12.3. The van der Waals surface area contributed by atoms with E-state index in [2.05, 4.69) is 26.9 Å². The number of pyridine rings is 1. The number of carbonyl (C=O) groups excluding carboxylic acids is 2. The van der Waals surface area contributed by atoms with Crippen molar-refractivity contribution in [3.05, 3.63) is 29.6 Å². The van der Waals surface area contributed by atoms with Gasteiger partial charge in [-0.15, -0.1) is 0 Å². The molecule has 0 aliphatic carbocycles. The number of hydrogen-bond donors (Lipinski definition) is 1. The molecule has 1 fully saturated rings. The SMILES string of the molecule is CCCN1CCC(NC(=O)c2cncc(C(=O)OC)c2)CC1. The Hall–Kier alpha value is -1.95. The van der Waals surface area contributed by atoms with Gasteiger partial charge in [0, 0.05) is 31.5 Å². The highest BCUT2D eigenvalue weighted by atomic mass is 16.5. The molecule has 0 spiro atoms. The first-order chi connectivity index (χ1) is 10.6.